The zero-order valence-corrected chi connectivity index (χ0v) is 10.5. The first-order chi connectivity index (χ1) is 8.74. The molecular weight excluding hydrogens is 233 g/mol. The van der Waals surface area contributed by atoms with Gasteiger partial charge >= 0.3 is 0 Å². The van der Waals surface area contributed by atoms with Gasteiger partial charge in [-0.05, 0) is 6.92 Å². The van der Waals surface area contributed by atoms with Crippen molar-refractivity contribution >= 4 is 11.4 Å². The van der Waals surface area contributed by atoms with Crippen molar-refractivity contribution < 1.29 is 9.13 Å². The Balaban J connectivity index is 1.99. The Morgan fingerprint density at radius 1 is 1.33 bits per heavy atom. The molecule has 5 heteroatoms. The molecular formula is C13H18FN3O. The van der Waals surface area contributed by atoms with E-state index in [1.54, 1.807) is 6.07 Å². The number of hydrogen-bond donors (Lipinski definition) is 2. The van der Waals surface area contributed by atoms with Crippen LogP contribution in [-0.4, -0.2) is 38.8 Å². The van der Waals surface area contributed by atoms with E-state index < -0.39 is 0 Å². The van der Waals surface area contributed by atoms with Crippen molar-refractivity contribution in [2.75, 3.05) is 42.9 Å². The molecule has 4 nitrogen and oxygen atoms in total. The van der Waals surface area contributed by atoms with Gasteiger partial charge in [-0.25, -0.2) is 4.39 Å². The second-order valence-corrected chi connectivity index (χ2v) is 4.85. The molecule has 0 spiro atoms. The molecule has 18 heavy (non-hydrogen) atoms. The number of hydrogen-bond acceptors (Lipinski definition) is 4. The van der Waals surface area contributed by atoms with Crippen molar-refractivity contribution in [3.05, 3.63) is 17.9 Å². The summed E-state index contributed by atoms with van der Waals surface area (Å²) in [6.07, 6.45) is 0.115. The molecule has 2 heterocycles. The topological polar surface area (TPSA) is 36.5 Å². The summed E-state index contributed by atoms with van der Waals surface area (Å²) in [6, 6.07) is 3.08. The molecule has 98 valence electrons. The highest BCUT2D eigenvalue weighted by Gasteiger charge is 2.24. The number of anilines is 2. The van der Waals surface area contributed by atoms with Crippen molar-refractivity contribution in [2.45, 2.75) is 13.0 Å². The van der Waals surface area contributed by atoms with Gasteiger partial charge in [-0.15, -0.1) is 0 Å². The van der Waals surface area contributed by atoms with Crippen LogP contribution in [0.1, 0.15) is 6.92 Å². The number of ether oxygens (including phenoxy) is 1. The molecule has 1 atom stereocenters. The van der Waals surface area contributed by atoms with Gasteiger partial charge in [0, 0.05) is 38.3 Å². The minimum Gasteiger partial charge on any atom is -0.485 e. The highest BCUT2D eigenvalue weighted by Crippen LogP contribution is 2.39. The van der Waals surface area contributed by atoms with E-state index in [-0.39, 0.29) is 11.9 Å². The van der Waals surface area contributed by atoms with Gasteiger partial charge in [-0.3, -0.25) is 0 Å². The molecule has 0 radical (unpaired) electrons. The molecule has 2 aliphatic rings. The highest BCUT2D eigenvalue weighted by atomic mass is 19.1. The SMILES string of the molecule is CC1CNc2cc(F)cc(N3CCNCC3)c2O1. The quantitative estimate of drug-likeness (QED) is 0.791. The summed E-state index contributed by atoms with van der Waals surface area (Å²) in [7, 11) is 0. The van der Waals surface area contributed by atoms with E-state index >= 15 is 0 Å². The third kappa shape index (κ3) is 2.10. The largest absolute Gasteiger partial charge is 0.485 e. The lowest BCUT2D eigenvalue weighted by molar-refractivity contribution is 0.226. The molecule has 0 amide bonds. The number of nitrogens with one attached hydrogen (secondary N) is 2. The fraction of sp³-hybridized carbons (Fsp3) is 0.538. The van der Waals surface area contributed by atoms with Crippen molar-refractivity contribution in [3.63, 3.8) is 0 Å². The summed E-state index contributed by atoms with van der Waals surface area (Å²) in [5, 5.41) is 6.52. The predicted octanol–water partition coefficient (Wildman–Crippen LogP) is 1.43. The Morgan fingerprint density at radius 3 is 2.89 bits per heavy atom. The fourth-order valence-electron chi connectivity index (χ4n) is 2.47. The molecule has 1 aromatic rings. The van der Waals surface area contributed by atoms with Crippen molar-refractivity contribution in [1.29, 1.82) is 0 Å². The van der Waals surface area contributed by atoms with Crippen LogP contribution in [0, 0.1) is 5.82 Å². The Hall–Kier alpha value is -1.49. The standard InChI is InChI=1S/C13H18FN3O/c1-9-8-16-11-6-10(14)7-12(13(11)18-9)17-4-2-15-3-5-17/h6-7,9,15-16H,2-5,8H2,1H3. The summed E-state index contributed by atoms with van der Waals surface area (Å²) < 4.78 is 19.5. The molecule has 1 aromatic carbocycles. The fourth-order valence-corrected chi connectivity index (χ4v) is 2.47. The number of piperazine rings is 1. The Morgan fingerprint density at radius 2 is 2.11 bits per heavy atom. The smallest absolute Gasteiger partial charge is 0.166 e. The van der Waals surface area contributed by atoms with Crippen LogP contribution in [0.5, 0.6) is 5.75 Å². The lowest BCUT2D eigenvalue weighted by atomic mass is 10.1. The van der Waals surface area contributed by atoms with Gasteiger partial charge < -0.3 is 20.3 Å². The predicted molar refractivity (Wildman–Crippen MR) is 70.1 cm³/mol. The van der Waals surface area contributed by atoms with Crippen LogP contribution in [-0.2, 0) is 0 Å². The van der Waals surface area contributed by atoms with Gasteiger partial charge in [0.1, 0.15) is 11.9 Å². The lowest BCUT2D eigenvalue weighted by Gasteiger charge is -2.34. The molecule has 0 aromatic heterocycles. The van der Waals surface area contributed by atoms with Crippen LogP contribution < -0.4 is 20.3 Å². The zero-order chi connectivity index (χ0) is 12.5. The third-order valence-corrected chi connectivity index (χ3v) is 3.39. The summed E-state index contributed by atoms with van der Waals surface area (Å²) in [4.78, 5) is 2.18. The maximum atomic E-state index is 13.7. The number of benzene rings is 1. The van der Waals surface area contributed by atoms with E-state index in [2.05, 4.69) is 15.5 Å². The molecule has 0 aliphatic carbocycles. The summed E-state index contributed by atoms with van der Waals surface area (Å²) >= 11 is 0. The normalized spacial score (nSPS) is 23.0. The molecule has 1 unspecified atom stereocenters. The lowest BCUT2D eigenvalue weighted by Crippen LogP contribution is -2.44. The minimum atomic E-state index is -0.215. The molecule has 3 rings (SSSR count). The monoisotopic (exact) mass is 251 g/mol. The minimum absolute atomic E-state index is 0.115. The summed E-state index contributed by atoms with van der Waals surface area (Å²) in [6.45, 7) is 6.35. The molecule has 2 aliphatic heterocycles. The highest BCUT2D eigenvalue weighted by molar-refractivity contribution is 5.73. The summed E-state index contributed by atoms with van der Waals surface area (Å²) in [5.41, 5.74) is 1.63. The van der Waals surface area contributed by atoms with E-state index in [0.29, 0.717) is 0 Å². The number of fused-ring (bicyclic) bond motifs is 1. The van der Waals surface area contributed by atoms with Crippen LogP contribution in [0.4, 0.5) is 15.8 Å². The van der Waals surface area contributed by atoms with Gasteiger partial charge in [-0.1, -0.05) is 0 Å². The average Bonchev–Trinajstić information content (AvgIpc) is 2.39. The van der Waals surface area contributed by atoms with Crippen molar-refractivity contribution in [3.8, 4) is 5.75 Å². The molecule has 1 saturated heterocycles. The third-order valence-electron chi connectivity index (χ3n) is 3.39. The van der Waals surface area contributed by atoms with E-state index in [1.165, 1.54) is 6.07 Å². The van der Waals surface area contributed by atoms with Crippen molar-refractivity contribution in [1.82, 2.24) is 5.32 Å². The zero-order valence-electron chi connectivity index (χ0n) is 10.5. The number of halogens is 1. The van der Waals surface area contributed by atoms with Crippen LogP contribution in [0.2, 0.25) is 0 Å². The van der Waals surface area contributed by atoms with E-state index in [4.69, 9.17) is 4.74 Å². The van der Waals surface area contributed by atoms with Gasteiger partial charge in [0.05, 0.1) is 17.9 Å². The number of rotatable bonds is 1. The van der Waals surface area contributed by atoms with Gasteiger partial charge in [0.15, 0.2) is 5.75 Å². The van der Waals surface area contributed by atoms with Crippen LogP contribution in [0.3, 0.4) is 0 Å². The maximum Gasteiger partial charge on any atom is 0.166 e. The van der Waals surface area contributed by atoms with Gasteiger partial charge in [-0.2, -0.15) is 0 Å². The van der Waals surface area contributed by atoms with Crippen LogP contribution in [0.15, 0.2) is 12.1 Å². The Bertz CT molecular complexity index is 446. The second kappa shape index (κ2) is 4.65. The first-order valence-electron chi connectivity index (χ1n) is 6.44. The first kappa shape index (κ1) is 11.6. The van der Waals surface area contributed by atoms with Crippen LogP contribution >= 0.6 is 0 Å². The molecule has 2 N–H and O–H groups in total. The van der Waals surface area contributed by atoms with E-state index in [9.17, 15) is 4.39 Å². The van der Waals surface area contributed by atoms with E-state index in [1.807, 2.05) is 6.92 Å². The molecule has 1 fully saturated rings. The Kier molecular flexibility index (Phi) is 2.99. The molecule has 0 saturated carbocycles. The van der Waals surface area contributed by atoms with Crippen molar-refractivity contribution in [2.24, 2.45) is 0 Å². The Labute approximate surface area is 106 Å². The maximum absolute atomic E-state index is 13.7. The van der Waals surface area contributed by atoms with Gasteiger partial charge in [0.2, 0.25) is 0 Å². The van der Waals surface area contributed by atoms with E-state index in [0.717, 1.165) is 49.8 Å². The van der Waals surface area contributed by atoms with Gasteiger partial charge in [0.25, 0.3) is 0 Å². The average molecular weight is 251 g/mol. The van der Waals surface area contributed by atoms with Crippen LogP contribution in [0.25, 0.3) is 0 Å². The first-order valence-corrected chi connectivity index (χ1v) is 6.44. The molecule has 0 bridgehead atoms. The summed E-state index contributed by atoms with van der Waals surface area (Å²) in [5.74, 6) is 0.574. The number of nitrogens with zero attached hydrogens (tertiary/aromatic N) is 1. The second-order valence-electron chi connectivity index (χ2n) is 4.85.